The first kappa shape index (κ1) is 31.2. The summed E-state index contributed by atoms with van der Waals surface area (Å²) in [5, 5.41) is 26.1. The fourth-order valence-corrected chi connectivity index (χ4v) is 3.51. The molecule has 0 aromatic carbocycles. The number of thiophene rings is 1. The Morgan fingerprint density at radius 3 is 1.48 bits per heavy atom. The Bertz CT molecular complexity index is 490. The van der Waals surface area contributed by atoms with Crippen molar-refractivity contribution >= 4 is 23.3 Å². The van der Waals surface area contributed by atoms with E-state index < -0.39 is 11.9 Å². The van der Waals surface area contributed by atoms with Gasteiger partial charge in [-0.3, -0.25) is 0 Å². The monoisotopic (exact) mass is 501 g/mol. The fraction of sp³-hybridized carbons (Fsp3) is 0.625. The summed E-state index contributed by atoms with van der Waals surface area (Å²) in [6.07, 6.45) is 7.97. The second-order valence-electron chi connectivity index (χ2n) is 5.71. The molecule has 0 bridgehead atoms. The first-order valence-corrected chi connectivity index (χ1v) is 8.79. The number of carboxylic acids is 2. The molecule has 8 nitrogen and oxygen atoms in total. The molecule has 2 atom stereocenters. The van der Waals surface area contributed by atoms with E-state index in [0.717, 1.165) is 24.4 Å². The maximum absolute atomic E-state index is 10.3. The van der Waals surface area contributed by atoms with Crippen LogP contribution < -0.4 is 0 Å². The second kappa shape index (κ2) is 16.5. The maximum Gasteiger partial charge on any atom is 2.00 e. The summed E-state index contributed by atoms with van der Waals surface area (Å²) in [6, 6.07) is 3.74. The molecule has 2 radical (unpaired) electrons. The topological polar surface area (TPSA) is 167 Å². The number of nitrogens with zero attached hydrogens (tertiary/aromatic N) is 2. The van der Waals surface area contributed by atoms with E-state index in [0.29, 0.717) is 12.1 Å². The SMILES string of the molecule is C1CCC(C2CCCC[N-]2)[N-]C1.O.O=C(O)c1ccc(C(=O)O)s1.[Cu+2].[Cu].[OH3+]. The van der Waals surface area contributed by atoms with Gasteiger partial charge in [-0.15, -0.1) is 24.4 Å². The zero-order valence-corrected chi connectivity index (χ0v) is 17.4. The number of hydrogen-bond acceptors (Lipinski definition) is 3. The maximum atomic E-state index is 10.3. The van der Waals surface area contributed by atoms with Gasteiger partial charge in [0.15, 0.2) is 0 Å². The number of hydrogen-bond donors (Lipinski definition) is 2. The largest absolute Gasteiger partial charge is 2.00 e. The van der Waals surface area contributed by atoms with Crippen LogP contribution in [0.4, 0.5) is 0 Å². The summed E-state index contributed by atoms with van der Waals surface area (Å²) in [4.78, 5) is 20.6. The minimum Gasteiger partial charge on any atom is -0.661 e. The van der Waals surface area contributed by atoms with Gasteiger partial charge in [-0.1, -0.05) is 38.5 Å². The van der Waals surface area contributed by atoms with E-state index in [1.807, 2.05) is 0 Å². The molecule has 0 spiro atoms. The minimum absolute atomic E-state index is 0. The van der Waals surface area contributed by atoms with Crippen LogP contribution in [0, 0.1) is 0 Å². The third-order valence-electron chi connectivity index (χ3n) is 4.01. The van der Waals surface area contributed by atoms with E-state index in [1.54, 1.807) is 0 Å². The van der Waals surface area contributed by atoms with E-state index in [2.05, 4.69) is 10.6 Å². The van der Waals surface area contributed by atoms with Crippen molar-refractivity contribution < 1.29 is 64.9 Å². The van der Waals surface area contributed by atoms with Crippen molar-refractivity contribution in [2.24, 2.45) is 0 Å². The van der Waals surface area contributed by atoms with Gasteiger partial charge >= 0.3 is 29.0 Å². The molecule has 3 heterocycles. The average Bonchev–Trinajstić information content (AvgIpc) is 3.08. The minimum atomic E-state index is -1.09. The van der Waals surface area contributed by atoms with Crippen LogP contribution >= 0.6 is 11.3 Å². The van der Waals surface area contributed by atoms with Crippen LogP contribution in [0.5, 0.6) is 0 Å². The van der Waals surface area contributed by atoms with Crippen LogP contribution in [0.2, 0.25) is 0 Å². The molecule has 3 rings (SSSR count). The first-order chi connectivity index (χ1) is 11.1. The number of rotatable bonds is 3. The van der Waals surface area contributed by atoms with Crippen LogP contribution in [0.25, 0.3) is 10.6 Å². The van der Waals surface area contributed by atoms with Crippen molar-refractivity contribution in [3.63, 3.8) is 0 Å². The van der Waals surface area contributed by atoms with Crippen molar-refractivity contribution in [3.05, 3.63) is 32.5 Å². The third-order valence-corrected chi connectivity index (χ3v) is 5.08. The van der Waals surface area contributed by atoms with Gasteiger partial charge in [0.05, 0.1) is 0 Å². The summed E-state index contributed by atoms with van der Waals surface area (Å²) in [6.45, 7) is 2.19. The summed E-state index contributed by atoms with van der Waals surface area (Å²) < 4.78 is 0. The molecule has 2 fully saturated rings. The van der Waals surface area contributed by atoms with Gasteiger partial charge in [0.1, 0.15) is 9.75 Å². The predicted molar refractivity (Wildman–Crippen MR) is 98.5 cm³/mol. The normalized spacial score (nSPS) is 20.7. The van der Waals surface area contributed by atoms with Crippen molar-refractivity contribution in [3.8, 4) is 0 Å². The standard InChI is InChI=1S/C10H18N2.C6H4O4S.2Cu.2H2O/c1-3-7-11-9(5-1)10-6-2-4-8-12-10;7-5(8)3-1-2-4(11-3)6(9)10;;;;/h9-10H,1-8H2;1-2H,(H,7,8)(H,9,10);;;2*1H2/q-2;;;+2;;/p+1. The Kier molecular flexibility index (Phi) is 19.0. The van der Waals surface area contributed by atoms with E-state index in [1.165, 1.54) is 50.7 Å². The van der Waals surface area contributed by atoms with Gasteiger partial charge in [0, 0.05) is 17.1 Å². The van der Waals surface area contributed by atoms with Gasteiger partial charge in [0.2, 0.25) is 0 Å². The van der Waals surface area contributed by atoms with E-state index >= 15 is 0 Å². The molecular weight excluding hydrogens is 475 g/mol. The Morgan fingerprint density at radius 1 is 0.889 bits per heavy atom. The molecule has 27 heavy (non-hydrogen) atoms. The summed E-state index contributed by atoms with van der Waals surface area (Å²) >= 11 is 0.750. The van der Waals surface area contributed by atoms with Crippen LogP contribution in [0.3, 0.4) is 0 Å². The van der Waals surface area contributed by atoms with Gasteiger partial charge in [0.25, 0.3) is 0 Å². The Balaban J connectivity index is -0.000000373. The van der Waals surface area contributed by atoms with Crippen LogP contribution in [-0.4, -0.2) is 52.8 Å². The number of carbonyl (C=O) groups is 2. The van der Waals surface area contributed by atoms with Crippen molar-refractivity contribution in [2.45, 2.75) is 50.6 Å². The molecule has 0 amide bonds. The molecule has 2 saturated heterocycles. The molecule has 2 aliphatic rings. The first-order valence-electron chi connectivity index (χ1n) is 7.97. The molecule has 7 N–H and O–H groups in total. The molecule has 2 unspecified atom stereocenters. The molecule has 2 aliphatic heterocycles. The molecule has 0 saturated carbocycles. The summed E-state index contributed by atoms with van der Waals surface area (Å²) in [7, 11) is 0. The van der Waals surface area contributed by atoms with Crippen LogP contribution in [-0.2, 0) is 39.6 Å². The Hall–Kier alpha value is -0.481. The predicted octanol–water partition coefficient (Wildman–Crippen LogP) is 2.23. The van der Waals surface area contributed by atoms with Crippen molar-refractivity contribution in [1.29, 1.82) is 0 Å². The summed E-state index contributed by atoms with van der Waals surface area (Å²) in [5.41, 5.74) is 0. The van der Waals surface area contributed by atoms with Crippen LogP contribution in [0.15, 0.2) is 12.1 Å². The third kappa shape index (κ3) is 10.6. The van der Waals surface area contributed by atoms with Gasteiger partial charge in [-0.2, -0.15) is 12.1 Å². The zero-order valence-electron chi connectivity index (χ0n) is 14.7. The van der Waals surface area contributed by atoms with E-state index in [-0.39, 0.29) is 54.8 Å². The molecule has 164 valence electrons. The molecule has 1 aromatic rings. The van der Waals surface area contributed by atoms with Gasteiger partial charge < -0.3 is 31.8 Å². The number of carboxylic acid groups (broad SMARTS) is 2. The summed E-state index contributed by atoms with van der Waals surface area (Å²) in [5.74, 6) is -2.19. The average molecular weight is 503 g/mol. The molecule has 0 aliphatic carbocycles. The fourth-order valence-electron chi connectivity index (χ4n) is 2.82. The smallest absolute Gasteiger partial charge is 0.661 e. The zero-order chi connectivity index (χ0) is 16.7. The second-order valence-corrected chi connectivity index (χ2v) is 6.80. The van der Waals surface area contributed by atoms with E-state index in [9.17, 15) is 9.59 Å². The Labute approximate surface area is 184 Å². The van der Waals surface area contributed by atoms with E-state index in [4.69, 9.17) is 10.2 Å². The number of piperidine rings is 2. The molecule has 1 aromatic heterocycles. The van der Waals surface area contributed by atoms with Crippen molar-refractivity contribution in [2.75, 3.05) is 13.1 Å². The number of aromatic carboxylic acids is 2. The van der Waals surface area contributed by atoms with Gasteiger partial charge in [-0.25, -0.2) is 9.59 Å². The molecule has 11 heteroatoms. The molecular formula is C16H27Cu2N2O6S+. The Morgan fingerprint density at radius 2 is 1.26 bits per heavy atom. The van der Waals surface area contributed by atoms with Gasteiger partial charge in [-0.05, 0) is 12.1 Å². The van der Waals surface area contributed by atoms with Crippen LogP contribution in [0.1, 0.15) is 57.9 Å². The van der Waals surface area contributed by atoms with Crippen molar-refractivity contribution in [1.82, 2.24) is 0 Å². The quantitative estimate of drug-likeness (QED) is 0.478.